The van der Waals surface area contributed by atoms with Crippen LogP contribution in [0.25, 0.3) is 0 Å². The molecule has 1 saturated carbocycles. The molecule has 2 rings (SSSR count). The summed E-state index contributed by atoms with van der Waals surface area (Å²) in [5.74, 6) is 0.629. The molecule has 1 aliphatic rings. The van der Waals surface area contributed by atoms with Gasteiger partial charge in [-0.2, -0.15) is 0 Å². The van der Waals surface area contributed by atoms with E-state index in [2.05, 4.69) is 19.1 Å². The van der Waals surface area contributed by atoms with Gasteiger partial charge in [-0.3, -0.25) is 0 Å². The molecule has 0 aromatic heterocycles. The van der Waals surface area contributed by atoms with Gasteiger partial charge in [-0.25, -0.2) is 0 Å². The summed E-state index contributed by atoms with van der Waals surface area (Å²) >= 11 is 12.9. The predicted octanol–water partition coefficient (Wildman–Crippen LogP) is 6.38. The summed E-state index contributed by atoms with van der Waals surface area (Å²) in [4.78, 5) is 0. The Kier molecular flexibility index (Phi) is 5.38. The van der Waals surface area contributed by atoms with Crippen LogP contribution in [0.4, 0.5) is 0 Å². The lowest BCUT2D eigenvalue weighted by atomic mass is 9.83. The van der Waals surface area contributed by atoms with Gasteiger partial charge in [0.25, 0.3) is 0 Å². The maximum Gasteiger partial charge on any atom is 0.0444 e. The Hall–Kier alpha value is -0.200. The minimum Gasteiger partial charge on any atom is -0.0840 e. The Bertz CT molecular complexity index is 392. The number of unbranched alkanes of at least 4 members (excludes halogenated alkanes) is 1. The van der Waals surface area contributed by atoms with E-state index in [1.165, 1.54) is 56.1 Å². The molecule has 0 bridgehead atoms. The van der Waals surface area contributed by atoms with E-state index in [1.54, 1.807) is 0 Å². The highest BCUT2D eigenvalue weighted by molar-refractivity contribution is 6.34. The van der Waals surface area contributed by atoms with Crippen LogP contribution in [0.2, 0.25) is 10.0 Å². The molecule has 0 amide bonds. The van der Waals surface area contributed by atoms with Crippen LogP contribution in [0.15, 0.2) is 12.1 Å². The molecule has 100 valence electrons. The van der Waals surface area contributed by atoms with Gasteiger partial charge in [0.15, 0.2) is 0 Å². The number of rotatable bonds is 4. The lowest BCUT2D eigenvalue weighted by Crippen LogP contribution is -2.05. The van der Waals surface area contributed by atoms with Gasteiger partial charge >= 0.3 is 0 Å². The minimum absolute atomic E-state index is 0.629. The summed E-state index contributed by atoms with van der Waals surface area (Å²) < 4.78 is 0. The van der Waals surface area contributed by atoms with E-state index in [4.69, 9.17) is 23.2 Å². The predicted molar refractivity (Wildman–Crippen MR) is 80.9 cm³/mol. The first-order chi connectivity index (χ1) is 8.72. The average Bonchev–Trinajstić information content (AvgIpc) is 2.40. The zero-order valence-corrected chi connectivity index (χ0v) is 12.7. The lowest BCUT2D eigenvalue weighted by Gasteiger charge is -2.23. The highest BCUT2D eigenvalue weighted by atomic mass is 35.5. The minimum atomic E-state index is 0.629. The molecule has 0 atom stereocenters. The SMILES string of the molecule is CCCCc1cc(Cl)c(C2CCCCC2)cc1Cl. The van der Waals surface area contributed by atoms with E-state index in [-0.39, 0.29) is 0 Å². The summed E-state index contributed by atoms with van der Waals surface area (Å²) in [6.45, 7) is 2.20. The summed E-state index contributed by atoms with van der Waals surface area (Å²) in [6.07, 6.45) is 9.98. The van der Waals surface area contributed by atoms with Crippen LogP contribution in [-0.2, 0) is 6.42 Å². The van der Waals surface area contributed by atoms with Gasteiger partial charge in [0.1, 0.15) is 0 Å². The Morgan fingerprint density at radius 2 is 1.78 bits per heavy atom. The molecule has 1 aliphatic carbocycles. The highest BCUT2D eigenvalue weighted by Crippen LogP contribution is 2.38. The second-order valence-corrected chi connectivity index (χ2v) is 6.22. The third-order valence-electron chi connectivity index (χ3n) is 4.01. The first kappa shape index (κ1) is 14.2. The van der Waals surface area contributed by atoms with Crippen LogP contribution >= 0.6 is 23.2 Å². The van der Waals surface area contributed by atoms with Crippen molar-refractivity contribution in [3.8, 4) is 0 Å². The van der Waals surface area contributed by atoms with Gasteiger partial charge < -0.3 is 0 Å². The van der Waals surface area contributed by atoms with Crippen LogP contribution in [0.3, 0.4) is 0 Å². The van der Waals surface area contributed by atoms with Gasteiger partial charge in [0.05, 0.1) is 0 Å². The maximum absolute atomic E-state index is 6.45. The normalized spacial score (nSPS) is 17.1. The lowest BCUT2D eigenvalue weighted by molar-refractivity contribution is 0.443. The molecule has 2 heteroatoms. The van der Waals surface area contributed by atoms with Crippen molar-refractivity contribution in [3.05, 3.63) is 33.3 Å². The third-order valence-corrected chi connectivity index (χ3v) is 4.69. The monoisotopic (exact) mass is 284 g/mol. The van der Waals surface area contributed by atoms with Crippen molar-refractivity contribution in [2.24, 2.45) is 0 Å². The molecule has 0 aliphatic heterocycles. The summed E-state index contributed by atoms with van der Waals surface area (Å²) in [5, 5.41) is 1.84. The van der Waals surface area contributed by atoms with E-state index in [0.717, 1.165) is 16.5 Å². The quantitative estimate of drug-likeness (QED) is 0.601. The largest absolute Gasteiger partial charge is 0.0840 e. The van der Waals surface area contributed by atoms with Crippen molar-refractivity contribution in [2.45, 2.75) is 64.2 Å². The Labute approximate surface area is 121 Å². The van der Waals surface area contributed by atoms with Gasteiger partial charge in [-0.1, -0.05) is 55.8 Å². The van der Waals surface area contributed by atoms with Crippen molar-refractivity contribution < 1.29 is 0 Å². The molecular weight excluding hydrogens is 263 g/mol. The molecule has 1 fully saturated rings. The fourth-order valence-corrected chi connectivity index (χ4v) is 3.50. The number of hydrogen-bond donors (Lipinski definition) is 0. The van der Waals surface area contributed by atoms with Gasteiger partial charge in [-0.15, -0.1) is 0 Å². The van der Waals surface area contributed by atoms with Crippen molar-refractivity contribution in [1.29, 1.82) is 0 Å². The van der Waals surface area contributed by atoms with Gasteiger partial charge in [0.2, 0.25) is 0 Å². The van der Waals surface area contributed by atoms with Crippen LogP contribution in [-0.4, -0.2) is 0 Å². The van der Waals surface area contributed by atoms with Crippen LogP contribution in [0.1, 0.15) is 68.9 Å². The van der Waals surface area contributed by atoms with E-state index < -0.39 is 0 Å². The third kappa shape index (κ3) is 3.42. The first-order valence-electron chi connectivity index (χ1n) is 7.20. The number of hydrogen-bond acceptors (Lipinski definition) is 0. The number of halogens is 2. The van der Waals surface area contributed by atoms with Crippen molar-refractivity contribution in [2.75, 3.05) is 0 Å². The summed E-state index contributed by atoms with van der Waals surface area (Å²) in [5.41, 5.74) is 2.49. The Morgan fingerprint density at radius 3 is 2.44 bits per heavy atom. The van der Waals surface area contributed by atoms with Crippen LogP contribution in [0, 0.1) is 0 Å². The molecular formula is C16H22Cl2. The van der Waals surface area contributed by atoms with Crippen molar-refractivity contribution in [3.63, 3.8) is 0 Å². The van der Waals surface area contributed by atoms with Crippen molar-refractivity contribution in [1.82, 2.24) is 0 Å². The van der Waals surface area contributed by atoms with E-state index in [0.29, 0.717) is 5.92 Å². The molecule has 0 radical (unpaired) electrons. The second kappa shape index (κ2) is 6.82. The highest BCUT2D eigenvalue weighted by Gasteiger charge is 2.19. The molecule has 0 unspecified atom stereocenters. The van der Waals surface area contributed by atoms with Crippen LogP contribution in [0.5, 0.6) is 0 Å². The van der Waals surface area contributed by atoms with Crippen molar-refractivity contribution >= 4 is 23.2 Å². The standard InChI is InChI=1S/C16H22Cl2/c1-2-3-7-13-10-16(18)14(11-15(13)17)12-8-5-4-6-9-12/h10-12H,2-9H2,1H3. The van der Waals surface area contributed by atoms with Crippen LogP contribution < -0.4 is 0 Å². The fraction of sp³-hybridized carbons (Fsp3) is 0.625. The molecule has 0 N–H and O–H groups in total. The van der Waals surface area contributed by atoms with E-state index in [9.17, 15) is 0 Å². The van der Waals surface area contributed by atoms with E-state index in [1.807, 2.05) is 0 Å². The van der Waals surface area contributed by atoms with E-state index >= 15 is 0 Å². The molecule has 0 spiro atoms. The molecule has 0 nitrogen and oxygen atoms in total. The number of aryl methyl sites for hydroxylation is 1. The summed E-state index contributed by atoms with van der Waals surface area (Å²) in [6, 6.07) is 4.23. The first-order valence-corrected chi connectivity index (χ1v) is 7.95. The Morgan fingerprint density at radius 1 is 1.06 bits per heavy atom. The fourth-order valence-electron chi connectivity index (χ4n) is 2.89. The smallest absolute Gasteiger partial charge is 0.0444 e. The molecule has 1 aromatic rings. The van der Waals surface area contributed by atoms with Gasteiger partial charge in [0, 0.05) is 10.0 Å². The van der Waals surface area contributed by atoms with Gasteiger partial charge in [-0.05, 0) is 54.9 Å². The topological polar surface area (TPSA) is 0 Å². The maximum atomic E-state index is 6.45. The number of benzene rings is 1. The molecule has 18 heavy (non-hydrogen) atoms. The zero-order valence-electron chi connectivity index (χ0n) is 11.1. The molecule has 0 heterocycles. The zero-order chi connectivity index (χ0) is 13.0. The Balaban J connectivity index is 2.18. The average molecular weight is 285 g/mol. The second-order valence-electron chi connectivity index (χ2n) is 5.40. The molecule has 0 saturated heterocycles. The summed E-state index contributed by atoms with van der Waals surface area (Å²) in [7, 11) is 0. The molecule has 1 aromatic carbocycles.